The molecule has 0 aliphatic carbocycles. The lowest BCUT2D eigenvalue weighted by Gasteiger charge is -2.18. The Morgan fingerprint density at radius 3 is 2.47 bits per heavy atom. The number of carbonyl (C=O) groups excluding carboxylic acids is 1. The highest BCUT2D eigenvalue weighted by atomic mass is 32.1. The number of aromatic nitrogens is 3. The van der Waals surface area contributed by atoms with Gasteiger partial charge in [0.1, 0.15) is 5.75 Å². The van der Waals surface area contributed by atoms with Crippen LogP contribution < -0.4 is 23.8 Å². The van der Waals surface area contributed by atoms with E-state index >= 15 is 0 Å². The van der Waals surface area contributed by atoms with Gasteiger partial charge >= 0.3 is 0 Å². The fourth-order valence-corrected chi connectivity index (χ4v) is 4.75. The Morgan fingerprint density at radius 1 is 1.06 bits per heavy atom. The molecule has 4 rings (SSSR count). The number of methoxy groups -OCH3 is 4. The first-order valence-corrected chi connectivity index (χ1v) is 12.1. The normalized spacial score (nSPS) is 11.1. The van der Waals surface area contributed by atoms with Gasteiger partial charge in [0.25, 0.3) is 5.91 Å². The van der Waals surface area contributed by atoms with Crippen molar-refractivity contribution in [3.05, 3.63) is 60.7 Å². The smallest absolute Gasteiger partial charge is 0.252 e. The van der Waals surface area contributed by atoms with Crippen molar-refractivity contribution in [1.82, 2.24) is 14.5 Å². The van der Waals surface area contributed by atoms with Crippen LogP contribution >= 0.6 is 11.3 Å². The maximum absolute atomic E-state index is 13.4. The number of imidazole rings is 1. The van der Waals surface area contributed by atoms with Gasteiger partial charge in [-0.3, -0.25) is 9.69 Å². The summed E-state index contributed by atoms with van der Waals surface area (Å²) in [4.78, 5) is 23.9. The van der Waals surface area contributed by atoms with Gasteiger partial charge in [0.15, 0.2) is 16.6 Å². The van der Waals surface area contributed by atoms with Crippen LogP contribution in [0.5, 0.6) is 23.0 Å². The Bertz CT molecular complexity index is 1320. The van der Waals surface area contributed by atoms with Crippen LogP contribution in [-0.2, 0) is 11.3 Å². The Labute approximate surface area is 213 Å². The summed E-state index contributed by atoms with van der Waals surface area (Å²) < 4.78 is 24.5. The zero-order valence-electron chi connectivity index (χ0n) is 20.6. The van der Waals surface area contributed by atoms with Gasteiger partial charge in [0, 0.05) is 31.6 Å². The van der Waals surface area contributed by atoms with Crippen molar-refractivity contribution in [1.29, 1.82) is 0 Å². The lowest BCUT2D eigenvalue weighted by atomic mass is 10.1. The lowest BCUT2D eigenvalue weighted by molar-refractivity contribution is -0.114. The molecule has 1 amide bonds. The van der Waals surface area contributed by atoms with Crippen LogP contribution in [0.15, 0.2) is 55.1 Å². The Hall–Kier alpha value is -4.05. The number of rotatable bonds is 11. The summed E-state index contributed by atoms with van der Waals surface area (Å²) in [6.45, 7) is 1.23. The number of hydrogen-bond acceptors (Lipinski definition) is 8. The molecule has 0 saturated carbocycles. The van der Waals surface area contributed by atoms with E-state index in [4.69, 9.17) is 23.9 Å². The van der Waals surface area contributed by atoms with E-state index < -0.39 is 0 Å². The summed E-state index contributed by atoms with van der Waals surface area (Å²) in [5, 5.41) is 0.628. The SMILES string of the molecule is COc1ccc2nc(N(CCCn3ccnc3)C(=O)/C=C/c3cc(OC)c(OC)c(OC)c3)sc2c1. The summed E-state index contributed by atoms with van der Waals surface area (Å²) in [6.07, 6.45) is 9.40. The molecule has 0 unspecified atom stereocenters. The summed E-state index contributed by atoms with van der Waals surface area (Å²) >= 11 is 1.45. The van der Waals surface area contributed by atoms with E-state index in [0.717, 1.165) is 34.5 Å². The summed E-state index contributed by atoms with van der Waals surface area (Å²) in [5.41, 5.74) is 1.56. The predicted octanol–water partition coefficient (Wildman–Crippen LogP) is 4.66. The molecule has 2 aromatic heterocycles. The molecule has 9 nitrogen and oxygen atoms in total. The third-order valence-corrected chi connectivity index (χ3v) is 6.59. The monoisotopic (exact) mass is 508 g/mol. The lowest BCUT2D eigenvalue weighted by Crippen LogP contribution is -2.30. The molecular formula is C26H28N4O5S. The highest BCUT2D eigenvalue weighted by Gasteiger charge is 2.19. The molecule has 0 atom stereocenters. The minimum Gasteiger partial charge on any atom is -0.497 e. The fourth-order valence-electron chi connectivity index (χ4n) is 3.72. The number of thiazole rings is 1. The van der Waals surface area contributed by atoms with Crippen molar-refractivity contribution in [2.45, 2.75) is 13.0 Å². The molecular weight excluding hydrogens is 480 g/mol. The van der Waals surface area contributed by atoms with Gasteiger partial charge in [-0.2, -0.15) is 0 Å². The minimum atomic E-state index is -0.180. The van der Waals surface area contributed by atoms with Gasteiger partial charge < -0.3 is 23.5 Å². The van der Waals surface area contributed by atoms with Crippen LogP contribution in [0.25, 0.3) is 16.3 Å². The van der Waals surface area contributed by atoms with Crippen molar-refractivity contribution >= 4 is 38.7 Å². The molecule has 2 aromatic carbocycles. The number of amides is 1. The number of carbonyl (C=O) groups is 1. The molecule has 188 valence electrons. The first kappa shape index (κ1) is 25.1. The molecule has 0 saturated heterocycles. The van der Waals surface area contributed by atoms with Crippen molar-refractivity contribution in [2.75, 3.05) is 39.9 Å². The minimum absolute atomic E-state index is 0.180. The van der Waals surface area contributed by atoms with Crippen LogP contribution in [0, 0.1) is 0 Å². The number of benzene rings is 2. The molecule has 0 aliphatic rings. The second-order valence-electron chi connectivity index (χ2n) is 7.77. The first-order chi connectivity index (χ1) is 17.6. The van der Waals surface area contributed by atoms with E-state index in [2.05, 4.69) is 4.98 Å². The largest absolute Gasteiger partial charge is 0.497 e. The van der Waals surface area contributed by atoms with Gasteiger partial charge in [-0.1, -0.05) is 11.3 Å². The Kier molecular flexibility index (Phi) is 8.06. The molecule has 0 bridgehead atoms. The maximum atomic E-state index is 13.4. The summed E-state index contributed by atoms with van der Waals surface area (Å²) in [6, 6.07) is 9.27. The predicted molar refractivity (Wildman–Crippen MR) is 141 cm³/mol. The molecule has 10 heteroatoms. The molecule has 0 fully saturated rings. The number of hydrogen-bond donors (Lipinski definition) is 0. The Morgan fingerprint density at radius 2 is 1.83 bits per heavy atom. The summed E-state index contributed by atoms with van der Waals surface area (Å²) in [7, 11) is 6.29. The third kappa shape index (κ3) is 5.60. The molecule has 4 aromatic rings. The van der Waals surface area contributed by atoms with Gasteiger partial charge in [0.05, 0.1) is 45.0 Å². The quantitative estimate of drug-likeness (QED) is 0.272. The number of ether oxygens (including phenoxy) is 4. The van der Waals surface area contributed by atoms with Crippen LogP contribution in [0.2, 0.25) is 0 Å². The molecule has 36 heavy (non-hydrogen) atoms. The zero-order chi connectivity index (χ0) is 25.5. The number of fused-ring (bicyclic) bond motifs is 1. The summed E-state index contributed by atoms with van der Waals surface area (Å²) in [5.74, 6) is 2.09. The topological polar surface area (TPSA) is 87.9 Å². The first-order valence-electron chi connectivity index (χ1n) is 11.3. The van der Waals surface area contributed by atoms with Gasteiger partial charge in [-0.25, -0.2) is 9.97 Å². The second-order valence-corrected chi connectivity index (χ2v) is 8.78. The molecule has 0 N–H and O–H groups in total. The molecule has 0 radical (unpaired) electrons. The van der Waals surface area contributed by atoms with Crippen molar-refractivity contribution in [3.8, 4) is 23.0 Å². The highest BCUT2D eigenvalue weighted by molar-refractivity contribution is 7.22. The van der Waals surface area contributed by atoms with E-state index in [9.17, 15) is 4.79 Å². The Balaban J connectivity index is 1.61. The number of nitrogens with zero attached hydrogens (tertiary/aromatic N) is 4. The van der Waals surface area contributed by atoms with E-state index in [1.807, 2.05) is 29.0 Å². The zero-order valence-corrected chi connectivity index (χ0v) is 21.4. The van der Waals surface area contributed by atoms with Crippen LogP contribution in [-0.4, -0.2) is 55.4 Å². The van der Waals surface area contributed by atoms with E-state index in [1.165, 1.54) is 17.4 Å². The van der Waals surface area contributed by atoms with Gasteiger partial charge in [0.2, 0.25) is 5.75 Å². The van der Waals surface area contributed by atoms with Crippen LogP contribution in [0.1, 0.15) is 12.0 Å². The maximum Gasteiger partial charge on any atom is 0.252 e. The average Bonchev–Trinajstić information content (AvgIpc) is 3.58. The fraction of sp³-hybridized carbons (Fsp3) is 0.269. The van der Waals surface area contributed by atoms with Gasteiger partial charge in [-0.05, 0) is 48.4 Å². The van der Waals surface area contributed by atoms with E-state index in [0.29, 0.717) is 28.9 Å². The van der Waals surface area contributed by atoms with Crippen molar-refractivity contribution in [2.24, 2.45) is 0 Å². The second kappa shape index (κ2) is 11.6. The number of anilines is 1. The standard InChI is InChI=1S/C26H28N4O5S/c1-32-19-7-8-20-23(16-19)36-26(28-20)30(12-5-11-29-13-10-27-17-29)24(31)9-6-18-14-21(33-2)25(35-4)22(15-18)34-3/h6-10,13-17H,5,11-12H2,1-4H3/b9-6+. The molecule has 2 heterocycles. The van der Waals surface area contributed by atoms with Gasteiger partial charge in [-0.15, -0.1) is 0 Å². The van der Waals surface area contributed by atoms with Crippen LogP contribution in [0.4, 0.5) is 5.13 Å². The highest BCUT2D eigenvalue weighted by Crippen LogP contribution is 2.38. The third-order valence-electron chi connectivity index (χ3n) is 5.54. The number of aryl methyl sites for hydroxylation is 1. The van der Waals surface area contributed by atoms with Crippen LogP contribution in [0.3, 0.4) is 0 Å². The van der Waals surface area contributed by atoms with E-state index in [1.54, 1.807) is 64.1 Å². The van der Waals surface area contributed by atoms with E-state index in [-0.39, 0.29) is 5.91 Å². The average molecular weight is 509 g/mol. The molecule has 0 spiro atoms. The van der Waals surface area contributed by atoms with Crippen molar-refractivity contribution in [3.63, 3.8) is 0 Å². The van der Waals surface area contributed by atoms with Crippen molar-refractivity contribution < 1.29 is 23.7 Å². The molecule has 0 aliphatic heterocycles.